The van der Waals surface area contributed by atoms with Crippen LogP contribution in [-0.4, -0.2) is 21.2 Å². The number of carboxylic acid groups (broad SMARTS) is 1. The molecule has 1 rings (SSSR count). The molecule has 0 amide bonds. The third-order valence-electron chi connectivity index (χ3n) is 1.75. The van der Waals surface area contributed by atoms with Gasteiger partial charge in [-0.2, -0.15) is 4.98 Å². The number of carbonyl (C=O) groups is 1. The Kier molecular flexibility index (Phi) is 3.44. The molecule has 1 N–H and O–H groups in total. The van der Waals surface area contributed by atoms with Crippen molar-refractivity contribution in [1.29, 1.82) is 0 Å². The van der Waals surface area contributed by atoms with Crippen LogP contribution in [0.4, 0.5) is 0 Å². The van der Waals surface area contributed by atoms with E-state index >= 15 is 0 Å². The molecule has 0 saturated heterocycles. The van der Waals surface area contributed by atoms with Crippen LogP contribution in [0.1, 0.15) is 38.9 Å². The fourth-order valence-corrected chi connectivity index (χ4v) is 1.15. The summed E-state index contributed by atoms with van der Waals surface area (Å²) in [7, 11) is 0. The van der Waals surface area contributed by atoms with Gasteiger partial charge in [0.25, 0.3) is 0 Å². The van der Waals surface area contributed by atoms with Crippen molar-refractivity contribution < 1.29 is 14.4 Å². The predicted molar refractivity (Wildman–Crippen MR) is 53.4 cm³/mol. The minimum atomic E-state index is -0.856. The number of hydrogen-bond acceptors (Lipinski definition) is 4. The summed E-state index contributed by atoms with van der Waals surface area (Å²) in [6.45, 7) is 6.25. The Balaban J connectivity index is 2.53. The SMILES string of the molecule is CC(C)(C)Cc1noc(CCC(=O)O)n1. The highest BCUT2D eigenvalue weighted by Crippen LogP contribution is 2.18. The summed E-state index contributed by atoms with van der Waals surface area (Å²) < 4.78 is 4.94. The molecule has 0 atom stereocenters. The molecular weight excluding hydrogens is 196 g/mol. The van der Waals surface area contributed by atoms with Gasteiger partial charge in [0.15, 0.2) is 5.82 Å². The van der Waals surface area contributed by atoms with E-state index in [1.165, 1.54) is 0 Å². The van der Waals surface area contributed by atoms with Gasteiger partial charge in [0.05, 0.1) is 6.42 Å². The first-order valence-corrected chi connectivity index (χ1v) is 4.90. The van der Waals surface area contributed by atoms with E-state index in [0.717, 1.165) is 6.42 Å². The van der Waals surface area contributed by atoms with Crippen LogP contribution in [0.3, 0.4) is 0 Å². The van der Waals surface area contributed by atoms with Crippen molar-refractivity contribution in [3.8, 4) is 0 Å². The van der Waals surface area contributed by atoms with Gasteiger partial charge in [-0.3, -0.25) is 4.79 Å². The van der Waals surface area contributed by atoms with E-state index in [2.05, 4.69) is 30.9 Å². The minimum absolute atomic E-state index is 0.0250. The lowest BCUT2D eigenvalue weighted by Crippen LogP contribution is -2.10. The third kappa shape index (κ3) is 4.58. The maximum atomic E-state index is 10.3. The molecule has 1 aromatic heterocycles. The molecule has 0 aromatic carbocycles. The highest BCUT2D eigenvalue weighted by atomic mass is 16.5. The molecule has 15 heavy (non-hydrogen) atoms. The Bertz CT molecular complexity index is 339. The monoisotopic (exact) mass is 212 g/mol. The van der Waals surface area contributed by atoms with E-state index in [1.54, 1.807) is 0 Å². The van der Waals surface area contributed by atoms with E-state index in [4.69, 9.17) is 9.63 Å². The Morgan fingerprint density at radius 1 is 1.47 bits per heavy atom. The Morgan fingerprint density at radius 2 is 2.13 bits per heavy atom. The summed E-state index contributed by atoms with van der Waals surface area (Å²) in [5, 5.41) is 12.3. The van der Waals surface area contributed by atoms with Gasteiger partial charge < -0.3 is 9.63 Å². The average molecular weight is 212 g/mol. The molecule has 0 bridgehead atoms. The fraction of sp³-hybridized carbons (Fsp3) is 0.700. The van der Waals surface area contributed by atoms with Crippen LogP contribution in [-0.2, 0) is 17.6 Å². The van der Waals surface area contributed by atoms with Crippen molar-refractivity contribution in [2.75, 3.05) is 0 Å². The largest absolute Gasteiger partial charge is 0.481 e. The van der Waals surface area contributed by atoms with Crippen LogP contribution in [0.15, 0.2) is 4.52 Å². The maximum Gasteiger partial charge on any atom is 0.303 e. The molecule has 0 radical (unpaired) electrons. The second-order valence-electron chi connectivity index (χ2n) is 4.74. The molecule has 1 heterocycles. The van der Waals surface area contributed by atoms with Gasteiger partial charge >= 0.3 is 5.97 Å². The quantitative estimate of drug-likeness (QED) is 0.821. The van der Waals surface area contributed by atoms with E-state index in [9.17, 15) is 4.79 Å². The van der Waals surface area contributed by atoms with Crippen LogP contribution >= 0.6 is 0 Å². The molecule has 5 heteroatoms. The standard InChI is InChI=1S/C10H16N2O3/c1-10(2,3)6-7-11-8(15-12-7)4-5-9(13)14/h4-6H2,1-3H3,(H,13,14). The Morgan fingerprint density at radius 3 is 2.67 bits per heavy atom. The molecular formula is C10H16N2O3. The van der Waals surface area contributed by atoms with Crippen molar-refractivity contribution in [2.24, 2.45) is 5.41 Å². The normalized spacial score (nSPS) is 11.7. The van der Waals surface area contributed by atoms with E-state index in [1.807, 2.05) is 0 Å². The van der Waals surface area contributed by atoms with Gasteiger partial charge in [0.2, 0.25) is 5.89 Å². The lowest BCUT2D eigenvalue weighted by Gasteiger charge is -2.14. The second kappa shape index (κ2) is 4.42. The maximum absolute atomic E-state index is 10.3. The number of nitrogens with zero attached hydrogens (tertiary/aromatic N) is 2. The predicted octanol–water partition coefficient (Wildman–Crippen LogP) is 1.68. The number of rotatable bonds is 4. The Labute approximate surface area is 88.5 Å². The summed E-state index contributed by atoms with van der Waals surface area (Å²) in [5.74, 6) is 0.185. The summed E-state index contributed by atoms with van der Waals surface area (Å²) >= 11 is 0. The van der Waals surface area contributed by atoms with Crippen molar-refractivity contribution in [2.45, 2.75) is 40.0 Å². The summed E-state index contributed by atoms with van der Waals surface area (Å²) in [6.07, 6.45) is 1.05. The second-order valence-corrected chi connectivity index (χ2v) is 4.74. The van der Waals surface area contributed by atoms with E-state index in [0.29, 0.717) is 18.1 Å². The molecule has 0 fully saturated rings. The van der Waals surface area contributed by atoms with E-state index in [-0.39, 0.29) is 11.8 Å². The van der Waals surface area contributed by atoms with Crippen LogP contribution in [0.2, 0.25) is 0 Å². The molecule has 5 nitrogen and oxygen atoms in total. The molecule has 0 unspecified atom stereocenters. The highest BCUT2D eigenvalue weighted by Gasteiger charge is 2.16. The number of hydrogen-bond donors (Lipinski definition) is 1. The highest BCUT2D eigenvalue weighted by molar-refractivity contribution is 5.66. The van der Waals surface area contributed by atoms with Gasteiger partial charge in [-0.25, -0.2) is 0 Å². The van der Waals surface area contributed by atoms with Crippen LogP contribution < -0.4 is 0 Å². The first-order chi connectivity index (χ1) is 6.87. The molecule has 1 aromatic rings. The summed E-state index contributed by atoms with van der Waals surface area (Å²) in [5.41, 5.74) is 0.105. The first-order valence-electron chi connectivity index (χ1n) is 4.90. The van der Waals surface area contributed by atoms with Gasteiger partial charge in [-0.05, 0) is 5.41 Å². The molecule has 0 spiro atoms. The third-order valence-corrected chi connectivity index (χ3v) is 1.75. The zero-order valence-corrected chi connectivity index (χ0v) is 9.28. The average Bonchev–Trinajstić information content (AvgIpc) is 2.45. The number of aromatic nitrogens is 2. The van der Waals surface area contributed by atoms with E-state index < -0.39 is 5.97 Å². The lowest BCUT2D eigenvalue weighted by atomic mass is 9.92. The van der Waals surface area contributed by atoms with Crippen LogP contribution in [0.5, 0.6) is 0 Å². The number of carboxylic acids is 1. The molecule has 84 valence electrons. The molecule has 0 aliphatic heterocycles. The molecule has 0 aliphatic carbocycles. The molecule has 0 saturated carbocycles. The zero-order chi connectivity index (χ0) is 11.5. The number of aryl methyl sites for hydroxylation is 1. The smallest absolute Gasteiger partial charge is 0.303 e. The topological polar surface area (TPSA) is 76.2 Å². The minimum Gasteiger partial charge on any atom is -0.481 e. The summed E-state index contributed by atoms with van der Waals surface area (Å²) in [6, 6.07) is 0. The van der Waals surface area contributed by atoms with Crippen molar-refractivity contribution in [3.63, 3.8) is 0 Å². The van der Waals surface area contributed by atoms with Gasteiger partial charge in [-0.15, -0.1) is 0 Å². The van der Waals surface area contributed by atoms with Crippen molar-refractivity contribution in [3.05, 3.63) is 11.7 Å². The van der Waals surface area contributed by atoms with Crippen molar-refractivity contribution in [1.82, 2.24) is 10.1 Å². The van der Waals surface area contributed by atoms with Crippen LogP contribution in [0.25, 0.3) is 0 Å². The molecule has 0 aliphatic rings. The fourth-order valence-electron chi connectivity index (χ4n) is 1.15. The van der Waals surface area contributed by atoms with Gasteiger partial charge in [-0.1, -0.05) is 25.9 Å². The summed E-state index contributed by atoms with van der Waals surface area (Å²) in [4.78, 5) is 14.4. The van der Waals surface area contributed by atoms with Crippen molar-refractivity contribution >= 4 is 5.97 Å². The van der Waals surface area contributed by atoms with Gasteiger partial charge in [0.1, 0.15) is 0 Å². The first kappa shape index (κ1) is 11.7. The van der Waals surface area contributed by atoms with Crippen LogP contribution in [0, 0.1) is 5.41 Å². The van der Waals surface area contributed by atoms with Gasteiger partial charge in [0, 0.05) is 12.8 Å². The number of aliphatic carboxylic acids is 1. The Hall–Kier alpha value is -1.39. The zero-order valence-electron chi connectivity index (χ0n) is 9.28. The lowest BCUT2D eigenvalue weighted by molar-refractivity contribution is -0.137.